The fourth-order valence-electron chi connectivity index (χ4n) is 2.03. The second-order valence-electron chi connectivity index (χ2n) is 4.77. The quantitative estimate of drug-likeness (QED) is 0.511. The number of hydrogen-bond donors (Lipinski definition) is 3. The highest BCUT2D eigenvalue weighted by molar-refractivity contribution is 8.01. The minimum Gasteiger partial charge on any atom is -0.481 e. The number of carboxylic acids is 2. The van der Waals surface area contributed by atoms with Crippen molar-refractivity contribution in [2.24, 2.45) is 5.41 Å². The van der Waals surface area contributed by atoms with Crippen molar-refractivity contribution in [2.75, 3.05) is 12.8 Å². The predicted octanol–water partition coefficient (Wildman–Crippen LogP) is 1.68. The summed E-state index contributed by atoms with van der Waals surface area (Å²) in [5, 5.41) is 20.7. The van der Waals surface area contributed by atoms with E-state index in [4.69, 9.17) is 5.11 Å². The van der Waals surface area contributed by atoms with Crippen molar-refractivity contribution in [1.29, 1.82) is 0 Å². The molecule has 1 amide bonds. The lowest BCUT2D eigenvalue weighted by Crippen LogP contribution is -2.48. The van der Waals surface area contributed by atoms with Crippen LogP contribution < -0.4 is 5.32 Å². The molecular formula is C14H14N2O5S2. The van der Waals surface area contributed by atoms with E-state index in [-0.39, 0.29) is 5.75 Å². The molecule has 0 aliphatic heterocycles. The highest BCUT2D eigenvalue weighted by atomic mass is 32.2. The highest BCUT2D eigenvalue weighted by Gasteiger charge is 2.48. The van der Waals surface area contributed by atoms with Crippen LogP contribution in [0.1, 0.15) is 6.42 Å². The van der Waals surface area contributed by atoms with Crippen LogP contribution >= 0.6 is 23.1 Å². The molecule has 2 rings (SSSR count). The Hall–Kier alpha value is -2.13. The summed E-state index contributed by atoms with van der Waals surface area (Å²) < 4.78 is 1.53. The van der Waals surface area contributed by atoms with Gasteiger partial charge in [0.05, 0.1) is 16.6 Å². The fourth-order valence-corrected chi connectivity index (χ4v) is 4.29. The Morgan fingerprint density at radius 2 is 2.00 bits per heavy atom. The topological polar surface area (TPSA) is 117 Å². The number of thioether (sulfide) groups is 1. The number of amides is 1. The summed E-state index contributed by atoms with van der Waals surface area (Å²) >= 11 is 2.44. The van der Waals surface area contributed by atoms with Crippen LogP contribution in [0.4, 0.5) is 0 Å². The summed E-state index contributed by atoms with van der Waals surface area (Å²) in [7, 11) is 1.28. The molecule has 7 nitrogen and oxygen atoms in total. The van der Waals surface area contributed by atoms with Gasteiger partial charge in [-0.15, -0.1) is 11.3 Å². The normalized spacial score (nSPS) is 13.4. The van der Waals surface area contributed by atoms with E-state index in [1.807, 2.05) is 24.3 Å². The Balaban J connectivity index is 2.27. The number of thiazole rings is 1. The number of carbonyl (C=O) groups is 3. The first-order valence-corrected chi connectivity index (χ1v) is 8.35. The number of aliphatic carboxylic acids is 2. The van der Waals surface area contributed by atoms with Gasteiger partial charge in [-0.2, -0.15) is 0 Å². The zero-order chi connectivity index (χ0) is 17.0. The number of carboxylic acid groups (broad SMARTS) is 2. The number of aromatic nitrogens is 1. The lowest BCUT2D eigenvalue weighted by atomic mass is 9.85. The Kier molecular flexibility index (Phi) is 5.22. The number of nitrogens with zero attached hydrogens (tertiary/aromatic N) is 1. The third-order valence-electron chi connectivity index (χ3n) is 3.24. The average Bonchev–Trinajstić information content (AvgIpc) is 2.92. The zero-order valence-corrected chi connectivity index (χ0v) is 13.7. The van der Waals surface area contributed by atoms with Crippen LogP contribution in [0.15, 0.2) is 28.6 Å². The summed E-state index contributed by atoms with van der Waals surface area (Å²) in [6.07, 6.45) is -0.792. The number of hydrogen-bond acceptors (Lipinski definition) is 6. The molecule has 9 heteroatoms. The first kappa shape index (κ1) is 17.2. The second-order valence-corrected chi connectivity index (χ2v) is 7.03. The van der Waals surface area contributed by atoms with Gasteiger partial charge in [0.15, 0.2) is 9.75 Å². The largest absolute Gasteiger partial charge is 0.481 e. The van der Waals surface area contributed by atoms with Crippen LogP contribution in [0.5, 0.6) is 0 Å². The van der Waals surface area contributed by atoms with E-state index >= 15 is 0 Å². The first-order valence-electron chi connectivity index (χ1n) is 6.55. The molecule has 0 aliphatic rings. The van der Waals surface area contributed by atoms with Gasteiger partial charge in [0.1, 0.15) is 0 Å². The predicted molar refractivity (Wildman–Crippen MR) is 86.7 cm³/mol. The average molecular weight is 354 g/mol. The van der Waals surface area contributed by atoms with Gasteiger partial charge in [-0.05, 0) is 12.1 Å². The summed E-state index contributed by atoms with van der Waals surface area (Å²) in [6.45, 7) is 0. The first-order chi connectivity index (χ1) is 10.9. The molecule has 0 bridgehead atoms. The van der Waals surface area contributed by atoms with Crippen molar-refractivity contribution >= 4 is 51.2 Å². The zero-order valence-electron chi connectivity index (χ0n) is 12.1. The molecule has 1 aromatic carbocycles. The van der Waals surface area contributed by atoms with E-state index in [0.717, 1.165) is 22.0 Å². The number of nitrogens with one attached hydrogen (secondary N) is 1. The van der Waals surface area contributed by atoms with Gasteiger partial charge in [-0.3, -0.25) is 14.4 Å². The molecule has 1 atom stereocenters. The smallest absolute Gasteiger partial charge is 0.320 e. The SMILES string of the molecule is CNC(=O)C(CSc1nc2ccccc2s1)(CC(=O)O)C(=O)O. The van der Waals surface area contributed by atoms with Crippen molar-refractivity contribution in [3.05, 3.63) is 24.3 Å². The van der Waals surface area contributed by atoms with Crippen molar-refractivity contribution in [1.82, 2.24) is 10.3 Å². The number of benzene rings is 1. The second kappa shape index (κ2) is 6.97. The molecule has 0 spiro atoms. The number of para-hydroxylation sites is 1. The standard InChI is InChI=1S/C14H14N2O5S2/c1-15-11(19)14(12(20)21,6-10(17)18)7-22-13-16-8-4-2-3-5-9(8)23-13/h2-5H,6-7H2,1H3,(H,15,19)(H,17,18)(H,20,21). The molecule has 1 heterocycles. The summed E-state index contributed by atoms with van der Waals surface area (Å²) in [5.74, 6) is -3.86. The van der Waals surface area contributed by atoms with Crippen molar-refractivity contribution in [2.45, 2.75) is 10.8 Å². The Bertz CT molecular complexity index is 727. The minimum atomic E-state index is -2.04. The van der Waals surface area contributed by atoms with Gasteiger partial charge in [-0.25, -0.2) is 4.98 Å². The molecule has 0 fully saturated rings. The summed E-state index contributed by atoms with van der Waals surface area (Å²) in [5.41, 5.74) is -1.26. The molecular weight excluding hydrogens is 340 g/mol. The molecule has 23 heavy (non-hydrogen) atoms. The molecule has 0 saturated heterocycles. The van der Waals surface area contributed by atoms with E-state index in [2.05, 4.69) is 10.3 Å². The molecule has 0 aliphatic carbocycles. The van der Waals surface area contributed by atoms with Crippen LogP contribution in [0, 0.1) is 5.41 Å². The molecule has 1 unspecified atom stereocenters. The minimum absolute atomic E-state index is 0.214. The van der Waals surface area contributed by atoms with Gasteiger partial charge in [0, 0.05) is 12.8 Å². The van der Waals surface area contributed by atoms with E-state index in [9.17, 15) is 19.5 Å². The van der Waals surface area contributed by atoms with E-state index in [1.54, 1.807) is 0 Å². The van der Waals surface area contributed by atoms with Crippen LogP contribution in [-0.2, 0) is 14.4 Å². The summed E-state index contributed by atoms with van der Waals surface area (Å²) in [4.78, 5) is 39.0. The third kappa shape index (κ3) is 3.62. The van der Waals surface area contributed by atoms with E-state index in [1.165, 1.54) is 18.4 Å². The van der Waals surface area contributed by atoms with Gasteiger partial charge < -0.3 is 15.5 Å². The molecule has 122 valence electrons. The third-order valence-corrected chi connectivity index (χ3v) is 5.65. The molecule has 2 aromatic rings. The van der Waals surface area contributed by atoms with Crippen molar-refractivity contribution in [3.8, 4) is 0 Å². The fraction of sp³-hybridized carbons (Fsp3) is 0.286. The molecule has 0 radical (unpaired) electrons. The Morgan fingerprint density at radius 1 is 1.30 bits per heavy atom. The molecule has 3 N–H and O–H groups in total. The maximum absolute atomic E-state index is 12.0. The van der Waals surface area contributed by atoms with Crippen molar-refractivity contribution in [3.63, 3.8) is 0 Å². The lowest BCUT2D eigenvalue weighted by Gasteiger charge is -2.24. The summed E-state index contributed by atoms with van der Waals surface area (Å²) in [6, 6.07) is 7.42. The van der Waals surface area contributed by atoms with Gasteiger partial charge in [0.25, 0.3) is 0 Å². The Labute approximate surface area is 139 Å². The number of rotatable bonds is 7. The van der Waals surface area contributed by atoms with Crippen LogP contribution in [-0.4, -0.2) is 45.8 Å². The van der Waals surface area contributed by atoms with Crippen LogP contribution in [0.3, 0.4) is 0 Å². The highest BCUT2D eigenvalue weighted by Crippen LogP contribution is 2.35. The number of carbonyl (C=O) groups excluding carboxylic acids is 1. The van der Waals surface area contributed by atoms with Gasteiger partial charge in [0.2, 0.25) is 5.91 Å². The maximum Gasteiger partial charge on any atom is 0.320 e. The van der Waals surface area contributed by atoms with E-state index < -0.39 is 29.7 Å². The Morgan fingerprint density at radius 3 is 2.57 bits per heavy atom. The molecule has 0 saturated carbocycles. The molecule has 1 aromatic heterocycles. The number of fused-ring (bicyclic) bond motifs is 1. The van der Waals surface area contributed by atoms with Crippen LogP contribution in [0.2, 0.25) is 0 Å². The monoisotopic (exact) mass is 354 g/mol. The van der Waals surface area contributed by atoms with E-state index in [0.29, 0.717) is 4.34 Å². The lowest BCUT2D eigenvalue weighted by molar-refractivity contribution is -0.160. The van der Waals surface area contributed by atoms with Crippen molar-refractivity contribution < 1.29 is 24.6 Å². The van der Waals surface area contributed by atoms with Crippen LogP contribution in [0.25, 0.3) is 10.2 Å². The van der Waals surface area contributed by atoms with Gasteiger partial charge in [-0.1, -0.05) is 23.9 Å². The van der Waals surface area contributed by atoms with Gasteiger partial charge >= 0.3 is 11.9 Å². The maximum atomic E-state index is 12.0.